The first-order valence-electron chi connectivity index (χ1n) is 12.2. The van der Waals surface area contributed by atoms with Gasteiger partial charge in [-0.15, -0.1) is 10.2 Å². The Morgan fingerprint density at radius 2 is 1.80 bits per heavy atom. The summed E-state index contributed by atoms with van der Waals surface area (Å²) in [6.07, 6.45) is 1.76. The molecule has 0 fully saturated rings. The van der Waals surface area contributed by atoms with E-state index in [-0.39, 0.29) is 6.04 Å². The molecule has 0 saturated carbocycles. The minimum Gasteiger partial charge on any atom is -0.388 e. The highest BCUT2D eigenvalue weighted by atomic mass is 15.3. The Labute approximate surface area is 208 Å². The maximum atomic E-state index is 4.92. The van der Waals surface area contributed by atoms with Gasteiger partial charge in [0.25, 0.3) is 0 Å². The van der Waals surface area contributed by atoms with Gasteiger partial charge in [-0.05, 0) is 73.4 Å². The van der Waals surface area contributed by atoms with Crippen molar-refractivity contribution in [1.82, 2.24) is 19.7 Å². The van der Waals surface area contributed by atoms with Crippen LogP contribution in [0, 0.1) is 6.92 Å². The van der Waals surface area contributed by atoms with E-state index in [4.69, 9.17) is 4.98 Å². The number of nitrogens with one attached hydrogen (secondary N) is 1. The average Bonchev–Trinajstić information content (AvgIpc) is 3.50. The predicted molar refractivity (Wildman–Crippen MR) is 146 cm³/mol. The van der Waals surface area contributed by atoms with Gasteiger partial charge in [0.2, 0.25) is 0 Å². The van der Waals surface area contributed by atoms with Crippen LogP contribution in [0.5, 0.6) is 0 Å². The normalized spacial score (nSPS) is 12.4. The monoisotopic (exact) mass is 466 g/mol. The highest BCUT2D eigenvalue weighted by Crippen LogP contribution is 2.38. The summed E-state index contributed by atoms with van der Waals surface area (Å²) in [5.74, 6) is 1.64. The van der Waals surface area contributed by atoms with Gasteiger partial charge in [0.05, 0.1) is 6.54 Å². The molecule has 180 valence electrons. The first-order valence-corrected chi connectivity index (χ1v) is 12.2. The van der Waals surface area contributed by atoms with Gasteiger partial charge < -0.3 is 14.8 Å². The third-order valence-electron chi connectivity index (χ3n) is 6.14. The van der Waals surface area contributed by atoms with Crippen molar-refractivity contribution in [1.29, 1.82) is 0 Å². The number of hydrogen-bond donors (Lipinski definition) is 1. The molecule has 0 saturated heterocycles. The zero-order chi connectivity index (χ0) is 25.1. The second-order valence-electron chi connectivity index (χ2n) is 8.78. The lowest BCUT2D eigenvalue weighted by atomic mass is 9.98. The van der Waals surface area contributed by atoms with Crippen molar-refractivity contribution < 1.29 is 0 Å². The maximum absolute atomic E-state index is 4.92. The summed E-state index contributed by atoms with van der Waals surface area (Å²) in [6.45, 7) is 15.5. The van der Waals surface area contributed by atoms with Crippen LogP contribution in [0.3, 0.4) is 0 Å². The molecule has 1 N–H and O–H groups in total. The molecule has 6 heteroatoms. The third kappa shape index (κ3) is 4.69. The molecule has 1 aliphatic heterocycles. The molecule has 0 aliphatic carbocycles. The van der Waals surface area contributed by atoms with Gasteiger partial charge >= 0.3 is 0 Å². The van der Waals surface area contributed by atoms with Gasteiger partial charge in [0.15, 0.2) is 5.82 Å². The second-order valence-corrected chi connectivity index (χ2v) is 8.78. The molecule has 2 aromatic heterocycles. The largest absolute Gasteiger partial charge is 0.388 e. The highest BCUT2D eigenvalue weighted by molar-refractivity contribution is 5.85. The molecule has 5 rings (SSSR count). The number of aryl methyl sites for hydroxylation is 1. The van der Waals surface area contributed by atoms with Gasteiger partial charge in [-0.2, -0.15) is 0 Å². The molecule has 0 spiro atoms. The first-order chi connectivity index (χ1) is 16.9. The number of benzene rings is 2. The summed E-state index contributed by atoms with van der Waals surface area (Å²) >= 11 is 0. The van der Waals surface area contributed by atoms with E-state index in [0.29, 0.717) is 0 Å². The summed E-state index contributed by atoms with van der Waals surface area (Å²) in [6, 6.07) is 19.5. The lowest BCUT2D eigenvalue weighted by Gasteiger charge is -2.19. The lowest BCUT2D eigenvalue weighted by molar-refractivity contribution is 0.603. The molecule has 4 aromatic rings. The van der Waals surface area contributed by atoms with Crippen LogP contribution in [-0.2, 0) is 6.54 Å². The number of pyridine rings is 1. The van der Waals surface area contributed by atoms with Crippen LogP contribution in [0.1, 0.15) is 50.4 Å². The molecular weight excluding hydrogens is 432 g/mol. The van der Waals surface area contributed by atoms with Crippen molar-refractivity contribution in [2.75, 3.05) is 17.3 Å². The molecule has 1 aliphatic rings. The van der Waals surface area contributed by atoms with E-state index in [0.717, 1.165) is 40.8 Å². The molecule has 0 unspecified atom stereocenters. The maximum Gasteiger partial charge on any atom is 0.182 e. The number of hydrogen-bond acceptors (Lipinski definition) is 5. The van der Waals surface area contributed by atoms with E-state index >= 15 is 0 Å². The van der Waals surface area contributed by atoms with Crippen LogP contribution in [0.25, 0.3) is 28.3 Å². The lowest BCUT2D eigenvalue weighted by Crippen LogP contribution is -2.15. The zero-order valence-corrected chi connectivity index (χ0v) is 21.5. The van der Waals surface area contributed by atoms with Crippen LogP contribution < -0.4 is 10.2 Å². The number of aromatic nitrogens is 4. The minimum absolute atomic E-state index is 0.259. The van der Waals surface area contributed by atoms with E-state index in [2.05, 4.69) is 84.2 Å². The van der Waals surface area contributed by atoms with Gasteiger partial charge in [0, 0.05) is 30.0 Å². The molecule has 0 amide bonds. The molecule has 3 heterocycles. The number of fused-ring (bicyclic) bond motifs is 1. The van der Waals surface area contributed by atoms with Crippen LogP contribution in [0.2, 0.25) is 0 Å². The van der Waals surface area contributed by atoms with E-state index in [9.17, 15) is 0 Å². The summed E-state index contributed by atoms with van der Waals surface area (Å²) in [5.41, 5.74) is 8.91. The first kappa shape index (κ1) is 24.2. The number of rotatable bonds is 5. The smallest absolute Gasteiger partial charge is 0.182 e. The highest BCUT2D eigenvalue weighted by Gasteiger charge is 2.25. The SMILES string of the molecule is C=C1c2cc(-c3cc(C)cc(NC)c3)ccc2CN1c1cccc(-c2nncn2C(C)C)n1.CC. The van der Waals surface area contributed by atoms with E-state index < -0.39 is 0 Å². The molecule has 35 heavy (non-hydrogen) atoms. The van der Waals surface area contributed by atoms with Crippen molar-refractivity contribution in [3.05, 3.63) is 84.2 Å². The van der Waals surface area contributed by atoms with Gasteiger partial charge in [-0.25, -0.2) is 4.98 Å². The average molecular weight is 467 g/mol. The van der Waals surface area contributed by atoms with Gasteiger partial charge in [-0.3, -0.25) is 0 Å². The van der Waals surface area contributed by atoms with Crippen LogP contribution >= 0.6 is 0 Å². The second kappa shape index (κ2) is 10.1. The van der Waals surface area contributed by atoms with Crippen molar-refractivity contribution >= 4 is 17.2 Å². The molecular formula is C29H34N6. The predicted octanol–water partition coefficient (Wildman–Crippen LogP) is 6.96. The Morgan fingerprint density at radius 3 is 2.54 bits per heavy atom. The van der Waals surface area contributed by atoms with Crippen molar-refractivity contribution in [3.63, 3.8) is 0 Å². The van der Waals surface area contributed by atoms with Crippen molar-refractivity contribution in [3.8, 4) is 22.6 Å². The van der Waals surface area contributed by atoms with Crippen molar-refractivity contribution in [2.24, 2.45) is 0 Å². The Bertz CT molecular complexity index is 1350. The van der Waals surface area contributed by atoms with E-state index in [1.165, 1.54) is 22.3 Å². The summed E-state index contributed by atoms with van der Waals surface area (Å²) in [7, 11) is 1.95. The van der Waals surface area contributed by atoms with Crippen molar-refractivity contribution in [2.45, 2.75) is 47.2 Å². The fourth-order valence-electron chi connectivity index (χ4n) is 4.39. The molecule has 0 atom stereocenters. The molecule has 0 radical (unpaired) electrons. The number of anilines is 2. The molecule has 6 nitrogen and oxygen atoms in total. The summed E-state index contributed by atoms with van der Waals surface area (Å²) in [5, 5.41) is 11.6. The minimum atomic E-state index is 0.259. The van der Waals surface area contributed by atoms with Crippen LogP contribution in [-0.4, -0.2) is 26.8 Å². The van der Waals surface area contributed by atoms with E-state index in [1.54, 1.807) is 6.33 Å². The van der Waals surface area contributed by atoms with Crippen LogP contribution in [0.4, 0.5) is 11.5 Å². The molecule has 0 bridgehead atoms. The van der Waals surface area contributed by atoms with Gasteiger partial charge in [-0.1, -0.05) is 44.7 Å². The fraction of sp³-hybridized carbons (Fsp3) is 0.276. The Morgan fingerprint density at radius 1 is 1.00 bits per heavy atom. The Balaban J connectivity index is 0.00000141. The topological polar surface area (TPSA) is 58.9 Å². The third-order valence-corrected chi connectivity index (χ3v) is 6.14. The Kier molecular flexibility index (Phi) is 7.01. The number of nitrogens with zero attached hydrogens (tertiary/aromatic N) is 5. The molecule has 2 aromatic carbocycles. The Hall–Kier alpha value is -3.93. The summed E-state index contributed by atoms with van der Waals surface area (Å²) < 4.78 is 2.03. The zero-order valence-electron chi connectivity index (χ0n) is 21.5. The quantitative estimate of drug-likeness (QED) is 0.345. The summed E-state index contributed by atoms with van der Waals surface area (Å²) in [4.78, 5) is 7.09. The fourth-order valence-corrected chi connectivity index (χ4v) is 4.39. The standard InChI is InChI=1S/C27H28N6.C2H6/c1-17(2)33-16-29-31-27(33)25-7-6-8-26(30-25)32-15-21-10-9-20(14-24(21)19(32)4)22-11-18(3)12-23(13-22)28-5;1-2/h6-14,16-17,28H,4,15H2,1-3,5H3;1-2H3. The van der Waals surface area contributed by atoms with Crippen LogP contribution in [0.15, 0.2) is 67.5 Å². The van der Waals surface area contributed by atoms with Gasteiger partial charge in [0.1, 0.15) is 17.8 Å². The van der Waals surface area contributed by atoms with E-state index in [1.807, 2.05) is 43.7 Å².